The van der Waals surface area contributed by atoms with Crippen molar-refractivity contribution < 1.29 is 18.7 Å². The Morgan fingerprint density at radius 3 is 2.59 bits per heavy atom. The van der Waals surface area contributed by atoms with E-state index in [1.807, 2.05) is 4.57 Å². The molecule has 0 atom stereocenters. The van der Waals surface area contributed by atoms with Crippen LogP contribution in [0.15, 0.2) is 42.5 Å². The van der Waals surface area contributed by atoms with Gasteiger partial charge in [-0.1, -0.05) is 12.5 Å². The molecule has 2 aromatic carbocycles. The molecule has 0 radical (unpaired) electrons. The second-order valence-electron chi connectivity index (χ2n) is 9.26. The number of carbonyl (C=O) groups is 2. The lowest BCUT2D eigenvalue weighted by atomic mass is 10.1. The van der Waals surface area contributed by atoms with Crippen LogP contribution in [-0.2, 0) is 17.7 Å². The van der Waals surface area contributed by atoms with Crippen LogP contribution < -0.4 is 10.6 Å². The Bertz CT molecular complexity index is 1220. The molecule has 2 amide bonds. The highest BCUT2D eigenvalue weighted by molar-refractivity contribution is 6.05. The molecule has 0 aliphatic carbocycles. The normalized spacial score (nSPS) is 13.5. The Morgan fingerprint density at radius 2 is 1.79 bits per heavy atom. The molecule has 0 saturated carbocycles. The van der Waals surface area contributed by atoms with Gasteiger partial charge >= 0.3 is 6.09 Å². The van der Waals surface area contributed by atoms with Gasteiger partial charge in [-0.2, -0.15) is 0 Å². The molecule has 2 N–H and O–H groups in total. The third-order valence-electron chi connectivity index (χ3n) is 5.34. The van der Waals surface area contributed by atoms with Crippen molar-refractivity contribution in [2.75, 3.05) is 10.6 Å². The summed E-state index contributed by atoms with van der Waals surface area (Å²) in [7, 11) is 0. The molecule has 1 aliphatic rings. The summed E-state index contributed by atoms with van der Waals surface area (Å²) in [6.07, 6.45) is 3.34. The SMILES string of the molecule is CC(C)(C)OC(=O)Nc1cccc(C(=O)Nc2ccc(F)c(-c3nnc4n3CCCCC4)c2)c1. The smallest absolute Gasteiger partial charge is 0.412 e. The van der Waals surface area contributed by atoms with Crippen LogP contribution in [0.5, 0.6) is 0 Å². The van der Waals surface area contributed by atoms with Gasteiger partial charge in [0.1, 0.15) is 17.2 Å². The van der Waals surface area contributed by atoms with Crippen molar-refractivity contribution in [1.82, 2.24) is 14.8 Å². The molecule has 1 aliphatic heterocycles. The van der Waals surface area contributed by atoms with Gasteiger partial charge in [-0.25, -0.2) is 9.18 Å². The van der Waals surface area contributed by atoms with E-state index >= 15 is 0 Å². The van der Waals surface area contributed by atoms with Crippen molar-refractivity contribution in [3.63, 3.8) is 0 Å². The maximum absolute atomic E-state index is 14.7. The third-order valence-corrected chi connectivity index (χ3v) is 5.34. The Labute approximate surface area is 197 Å². The minimum absolute atomic E-state index is 0.291. The summed E-state index contributed by atoms with van der Waals surface area (Å²) in [6, 6.07) is 10.9. The molecule has 0 bridgehead atoms. The summed E-state index contributed by atoms with van der Waals surface area (Å²) in [6.45, 7) is 6.05. The average molecular weight is 466 g/mol. The summed E-state index contributed by atoms with van der Waals surface area (Å²) in [5.74, 6) is 0.496. The van der Waals surface area contributed by atoms with E-state index in [0.717, 1.165) is 38.1 Å². The maximum Gasteiger partial charge on any atom is 0.412 e. The monoisotopic (exact) mass is 465 g/mol. The molecule has 2 heterocycles. The molecular weight excluding hydrogens is 437 g/mol. The second kappa shape index (κ2) is 9.62. The Morgan fingerprint density at radius 1 is 1.00 bits per heavy atom. The number of amides is 2. The predicted molar refractivity (Wildman–Crippen MR) is 127 cm³/mol. The van der Waals surface area contributed by atoms with Gasteiger partial charge in [-0.3, -0.25) is 10.1 Å². The topological polar surface area (TPSA) is 98.1 Å². The molecule has 4 rings (SSSR count). The largest absolute Gasteiger partial charge is 0.444 e. The van der Waals surface area contributed by atoms with Crippen molar-refractivity contribution >= 4 is 23.4 Å². The second-order valence-corrected chi connectivity index (χ2v) is 9.26. The summed E-state index contributed by atoms with van der Waals surface area (Å²) in [4.78, 5) is 24.9. The number of nitrogens with zero attached hydrogens (tertiary/aromatic N) is 3. The molecule has 0 spiro atoms. The van der Waals surface area contributed by atoms with E-state index in [4.69, 9.17) is 4.74 Å². The van der Waals surface area contributed by atoms with E-state index < -0.39 is 23.4 Å². The van der Waals surface area contributed by atoms with Crippen molar-refractivity contribution in [3.05, 3.63) is 59.7 Å². The molecule has 0 saturated heterocycles. The van der Waals surface area contributed by atoms with Crippen LogP contribution in [0.1, 0.15) is 56.2 Å². The summed E-state index contributed by atoms with van der Waals surface area (Å²) < 4.78 is 21.9. The van der Waals surface area contributed by atoms with Crippen LogP contribution in [0, 0.1) is 5.82 Å². The molecule has 34 heavy (non-hydrogen) atoms. The summed E-state index contributed by atoms with van der Waals surface area (Å²) in [5.41, 5.74) is 0.836. The number of rotatable bonds is 4. The van der Waals surface area contributed by atoms with Gasteiger partial charge in [-0.15, -0.1) is 10.2 Å². The summed E-state index contributed by atoms with van der Waals surface area (Å²) in [5, 5.41) is 13.9. The van der Waals surface area contributed by atoms with Gasteiger partial charge in [0.25, 0.3) is 5.91 Å². The zero-order valence-corrected chi connectivity index (χ0v) is 19.5. The van der Waals surface area contributed by atoms with E-state index in [1.165, 1.54) is 12.1 Å². The van der Waals surface area contributed by atoms with Crippen molar-refractivity contribution in [1.29, 1.82) is 0 Å². The lowest BCUT2D eigenvalue weighted by Crippen LogP contribution is -2.27. The maximum atomic E-state index is 14.7. The van der Waals surface area contributed by atoms with Crippen LogP contribution in [0.2, 0.25) is 0 Å². The van der Waals surface area contributed by atoms with E-state index in [-0.39, 0.29) is 0 Å². The number of aromatic nitrogens is 3. The van der Waals surface area contributed by atoms with Gasteiger partial charge in [0.2, 0.25) is 0 Å². The van der Waals surface area contributed by atoms with E-state index in [9.17, 15) is 14.0 Å². The number of hydrogen-bond acceptors (Lipinski definition) is 5. The molecule has 0 fully saturated rings. The highest BCUT2D eigenvalue weighted by atomic mass is 19.1. The van der Waals surface area contributed by atoms with E-state index in [1.54, 1.807) is 51.1 Å². The number of nitrogens with one attached hydrogen (secondary N) is 2. The zero-order valence-electron chi connectivity index (χ0n) is 19.5. The first-order chi connectivity index (χ1) is 16.2. The number of ether oxygens (including phenoxy) is 1. The number of aryl methyl sites for hydroxylation is 1. The summed E-state index contributed by atoms with van der Waals surface area (Å²) >= 11 is 0. The predicted octanol–water partition coefficient (Wildman–Crippen LogP) is 5.41. The number of benzene rings is 2. The first-order valence-electron chi connectivity index (χ1n) is 11.3. The standard InChI is InChI=1S/C25H28FN5O3/c1-25(2,3)34-24(33)28-17-9-7-8-16(14-17)23(32)27-18-11-12-20(26)19(15-18)22-30-29-21-10-5-4-6-13-31(21)22/h7-9,11-12,14-15H,4-6,10,13H2,1-3H3,(H,27,32)(H,28,33). The molecule has 1 aromatic heterocycles. The van der Waals surface area contributed by atoms with Crippen LogP contribution in [0.3, 0.4) is 0 Å². The molecule has 0 unspecified atom stereocenters. The molecule has 178 valence electrons. The zero-order chi connectivity index (χ0) is 24.3. The Hall–Kier alpha value is -3.75. The number of halogens is 1. The van der Waals surface area contributed by atoms with E-state index in [2.05, 4.69) is 20.8 Å². The number of fused-ring (bicyclic) bond motifs is 1. The fraction of sp³-hybridized carbons (Fsp3) is 0.360. The number of carbonyl (C=O) groups excluding carboxylic acids is 2. The van der Waals surface area contributed by atoms with Gasteiger partial charge in [0.15, 0.2) is 5.82 Å². The first kappa shape index (κ1) is 23.4. The fourth-order valence-electron chi connectivity index (χ4n) is 3.82. The van der Waals surface area contributed by atoms with E-state index in [0.29, 0.717) is 28.3 Å². The van der Waals surface area contributed by atoms with Crippen LogP contribution >= 0.6 is 0 Å². The average Bonchev–Trinajstić information content (AvgIpc) is 3.01. The fourth-order valence-corrected chi connectivity index (χ4v) is 3.82. The quantitative estimate of drug-likeness (QED) is 0.537. The first-order valence-corrected chi connectivity index (χ1v) is 11.3. The minimum Gasteiger partial charge on any atom is -0.444 e. The van der Waals surface area contributed by atoms with Crippen molar-refractivity contribution in [2.45, 2.75) is 58.6 Å². The number of hydrogen-bond donors (Lipinski definition) is 2. The van der Waals surface area contributed by atoms with Crippen LogP contribution in [0.25, 0.3) is 11.4 Å². The van der Waals surface area contributed by atoms with Gasteiger partial charge in [0.05, 0.1) is 5.56 Å². The van der Waals surface area contributed by atoms with Gasteiger partial charge in [0, 0.05) is 29.9 Å². The molecule has 8 nitrogen and oxygen atoms in total. The Kier molecular flexibility index (Phi) is 6.63. The third kappa shape index (κ3) is 5.59. The molecule has 3 aromatic rings. The molecule has 9 heteroatoms. The van der Waals surface area contributed by atoms with Crippen LogP contribution in [-0.4, -0.2) is 32.4 Å². The molecular formula is C25H28FN5O3. The highest BCUT2D eigenvalue weighted by Crippen LogP contribution is 2.28. The lowest BCUT2D eigenvalue weighted by Gasteiger charge is -2.19. The van der Waals surface area contributed by atoms with Gasteiger partial charge < -0.3 is 14.6 Å². The van der Waals surface area contributed by atoms with Crippen molar-refractivity contribution in [2.24, 2.45) is 0 Å². The lowest BCUT2D eigenvalue weighted by molar-refractivity contribution is 0.0635. The highest BCUT2D eigenvalue weighted by Gasteiger charge is 2.20. The minimum atomic E-state index is -0.637. The van der Waals surface area contributed by atoms with Gasteiger partial charge in [-0.05, 0) is 70.0 Å². The van der Waals surface area contributed by atoms with Crippen molar-refractivity contribution in [3.8, 4) is 11.4 Å². The van der Waals surface area contributed by atoms with Crippen LogP contribution in [0.4, 0.5) is 20.6 Å². The Balaban J connectivity index is 1.51. The number of anilines is 2.